The Labute approximate surface area is 167 Å². The first kappa shape index (κ1) is 20.4. The van der Waals surface area contributed by atoms with Crippen molar-refractivity contribution in [3.8, 4) is 11.5 Å². The van der Waals surface area contributed by atoms with E-state index in [0.29, 0.717) is 23.7 Å². The number of methoxy groups -OCH3 is 1. The van der Waals surface area contributed by atoms with Crippen LogP contribution in [-0.4, -0.2) is 55.6 Å². The Balaban J connectivity index is 1.59. The molecule has 0 atom stereocenters. The molecule has 3 rings (SSSR count). The van der Waals surface area contributed by atoms with Gasteiger partial charge >= 0.3 is 6.61 Å². The second-order valence-corrected chi connectivity index (χ2v) is 6.88. The van der Waals surface area contributed by atoms with Crippen molar-refractivity contribution < 1.29 is 23.0 Å². The van der Waals surface area contributed by atoms with Crippen molar-refractivity contribution in [1.82, 2.24) is 9.80 Å². The Hall–Kier alpha value is -2.38. The Morgan fingerprint density at radius 3 is 2.36 bits per heavy atom. The molecule has 1 aliphatic heterocycles. The van der Waals surface area contributed by atoms with Crippen molar-refractivity contribution in [1.29, 1.82) is 0 Å². The largest absolute Gasteiger partial charge is 0.493 e. The molecule has 0 aliphatic carbocycles. The van der Waals surface area contributed by atoms with E-state index in [4.69, 9.17) is 16.3 Å². The van der Waals surface area contributed by atoms with Crippen LogP contribution in [0, 0.1) is 0 Å². The molecule has 0 aromatic heterocycles. The van der Waals surface area contributed by atoms with E-state index in [0.717, 1.165) is 19.6 Å². The lowest BCUT2D eigenvalue weighted by atomic mass is 10.1. The number of piperazine rings is 1. The first-order valence-electron chi connectivity index (χ1n) is 8.85. The van der Waals surface area contributed by atoms with Crippen LogP contribution in [0.3, 0.4) is 0 Å². The van der Waals surface area contributed by atoms with Crippen LogP contribution in [0.5, 0.6) is 11.5 Å². The van der Waals surface area contributed by atoms with Gasteiger partial charge in [0.05, 0.1) is 7.11 Å². The van der Waals surface area contributed by atoms with E-state index in [9.17, 15) is 13.6 Å². The molecule has 1 heterocycles. The highest BCUT2D eigenvalue weighted by Gasteiger charge is 2.23. The summed E-state index contributed by atoms with van der Waals surface area (Å²) in [5.41, 5.74) is 1.55. The maximum Gasteiger partial charge on any atom is 0.387 e. The van der Waals surface area contributed by atoms with Gasteiger partial charge in [-0.05, 0) is 35.9 Å². The van der Waals surface area contributed by atoms with Crippen LogP contribution >= 0.6 is 11.6 Å². The first-order chi connectivity index (χ1) is 13.5. The van der Waals surface area contributed by atoms with Crippen LogP contribution in [0.4, 0.5) is 8.78 Å². The van der Waals surface area contributed by atoms with Gasteiger partial charge in [0.2, 0.25) is 0 Å². The van der Waals surface area contributed by atoms with Crippen LogP contribution < -0.4 is 9.47 Å². The fraction of sp³-hybridized carbons (Fsp3) is 0.350. The van der Waals surface area contributed by atoms with Gasteiger partial charge in [-0.15, -0.1) is 0 Å². The summed E-state index contributed by atoms with van der Waals surface area (Å²) < 4.78 is 34.3. The van der Waals surface area contributed by atoms with Gasteiger partial charge < -0.3 is 14.4 Å². The smallest absolute Gasteiger partial charge is 0.387 e. The predicted octanol–water partition coefficient (Wildman–Crippen LogP) is 3.91. The molecule has 8 heteroatoms. The van der Waals surface area contributed by atoms with Gasteiger partial charge in [0.25, 0.3) is 5.91 Å². The van der Waals surface area contributed by atoms with Crippen molar-refractivity contribution in [2.24, 2.45) is 0 Å². The average molecular weight is 411 g/mol. The number of rotatable bonds is 6. The third-order valence-corrected chi connectivity index (χ3v) is 4.86. The summed E-state index contributed by atoms with van der Waals surface area (Å²) in [6.45, 7) is 0.515. The van der Waals surface area contributed by atoms with E-state index >= 15 is 0 Å². The maximum absolute atomic E-state index is 12.8. The van der Waals surface area contributed by atoms with Crippen LogP contribution in [0.1, 0.15) is 15.9 Å². The molecule has 0 spiro atoms. The van der Waals surface area contributed by atoms with Crippen molar-refractivity contribution >= 4 is 17.5 Å². The maximum atomic E-state index is 12.8. The summed E-state index contributed by atoms with van der Waals surface area (Å²) in [6, 6.07) is 12.0. The molecule has 1 fully saturated rings. The minimum Gasteiger partial charge on any atom is -0.493 e. The topological polar surface area (TPSA) is 42.0 Å². The summed E-state index contributed by atoms with van der Waals surface area (Å²) in [7, 11) is 1.34. The number of alkyl halides is 2. The molecule has 0 saturated carbocycles. The molecule has 0 radical (unpaired) electrons. The highest BCUT2D eigenvalue weighted by Crippen LogP contribution is 2.30. The Kier molecular flexibility index (Phi) is 6.70. The van der Waals surface area contributed by atoms with Crippen molar-refractivity contribution in [3.05, 3.63) is 58.6 Å². The van der Waals surface area contributed by atoms with E-state index in [1.807, 2.05) is 24.3 Å². The fourth-order valence-electron chi connectivity index (χ4n) is 3.13. The molecule has 5 nitrogen and oxygen atoms in total. The highest BCUT2D eigenvalue weighted by molar-refractivity contribution is 6.30. The van der Waals surface area contributed by atoms with E-state index in [1.165, 1.54) is 30.9 Å². The van der Waals surface area contributed by atoms with Crippen LogP contribution in [0.25, 0.3) is 0 Å². The zero-order valence-electron chi connectivity index (χ0n) is 15.4. The van der Waals surface area contributed by atoms with Gasteiger partial charge in [0.1, 0.15) is 0 Å². The number of benzene rings is 2. The Morgan fingerprint density at radius 2 is 1.75 bits per heavy atom. The molecule has 1 amide bonds. The molecule has 1 saturated heterocycles. The molecule has 150 valence electrons. The standard InChI is InChI=1S/C20H21ClF2N2O3/c1-27-18-12-15(4-7-17(18)28-20(22)23)19(26)25-10-8-24(9-11-25)13-14-2-5-16(21)6-3-14/h2-7,12,20H,8-11,13H2,1H3. The SMILES string of the molecule is COc1cc(C(=O)N2CCN(Cc3ccc(Cl)cc3)CC2)ccc1OC(F)F. The summed E-state index contributed by atoms with van der Waals surface area (Å²) in [4.78, 5) is 16.8. The van der Waals surface area contributed by atoms with Gasteiger partial charge in [0, 0.05) is 43.3 Å². The number of carbonyl (C=O) groups excluding carboxylic acids is 1. The zero-order chi connectivity index (χ0) is 20.1. The van der Waals surface area contributed by atoms with Gasteiger partial charge in [-0.3, -0.25) is 9.69 Å². The summed E-state index contributed by atoms with van der Waals surface area (Å²) in [5, 5.41) is 0.708. The molecule has 28 heavy (non-hydrogen) atoms. The Morgan fingerprint density at radius 1 is 1.07 bits per heavy atom. The first-order valence-corrected chi connectivity index (χ1v) is 9.23. The molecular formula is C20H21ClF2N2O3. The minimum absolute atomic E-state index is 0.0955. The van der Waals surface area contributed by atoms with Crippen LogP contribution in [-0.2, 0) is 6.54 Å². The third kappa shape index (κ3) is 5.11. The molecule has 0 N–H and O–H groups in total. The third-order valence-electron chi connectivity index (χ3n) is 4.61. The second kappa shape index (κ2) is 9.21. The highest BCUT2D eigenvalue weighted by atomic mass is 35.5. The second-order valence-electron chi connectivity index (χ2n) is 6.44. The number of hydrogen-bond acceptors (Lipinski definition) is 4. The normalized spacial score (nSPS) is 15.0. The van der Waals surface area contributed by atoms with Crippen molar-refractivity contribution in [2.75, 3.05) is 33.3 Å². The summed E-state index contributed by atoms with van der Waals surface area (Å²) >= 11 is 5.91. The monoisotopic (exact) mass is 410 g/mol. The number of ether oxygens (including phenoxy) is 2. The van der Waals surface area contributed by atoms with E-state index in [1.54, 1.807) is 4.90 Å². The molecule has 2 aromatic carbocycles. The molecule has 2 aromatic rings. The van der Waals surface area contributed by atoms with Gasteiger partial charge in [-0.25, -0.2) is 0 Å². The molecular weight excluding hydrogens is 390 g/mol. The number of halogens is 3. The number of hydrogen-bond donors (Lipinski definition) is 0. The lowest BCUT2D eigenvalue weighted by molar-refractivity contribution is -0.0512. The fourth-order valence-corrected chi connectivity index (χ4v) is 3.26. The lowest BCUT2D eigenvalue weighted by Gasteiger charge is -2.34. The Bertz CT molecular complexity index is 810. The molecule has 0 bridgehead atoms. The van der Waals surface area contributed by atoms with Gasteiger partial charge in [0.15, 0.2) is 11.5 Å². The number of amides is 1. The summed E-state index contributed by atoms with van der Waals surface area (Å²) in [5.74, 6) is -0.151. The van der Waals surface area contributed by atoms with Gasteiger partial charge in [-0.2, -0.15) is 8.78 Å². The van der Waals surface area contributed by atoms with E-state index < -0.39 is 6.61 Å². The number of carbonyl (C=O) groups is 1. The zero-order valence-corrected chi connectivity index (χ0v) is 16.2. The van der Waals surface area contributed by atoms with Crippen molar-refractivity contribution in [3.63, 3.8) is 0 Å². The lowest BCUT2D eigenvalue weighted by Crippen LogP contribution is -2.48. The molecule has 1 aliphatic rings. The average Bonchev–Trinajstić information content (AvgIpc) is 2.69. The van der Waals surface area contributed by atoms with Gasteiger partial charge in [-0.1, -0.05) is 23.7 Å². The summed E-state index contributed by atoms with van der Waals surface area (Å²) in [6.07, 6.45) is 0. The quantitative estimate of drug-likeness (QED) is 0.724. The number of nitrogens with zero attached hydrogens (tertiary/aromatic N) is 2. The van der Waals surface area contributed by atoms with E-state index in [2.05, 4.69) is 9.64 Å². The minimum atomic E-state index is -2.95. The molecule has 0 unspecified atom stereocenters. The van der Waals surface area contributed by atoms with Crippen LogP contribution in [0.15, 0.2) is 42.5 Å². The van der Waals surface area contributed by atoms with Crippen molar-refractivity contribution in [2.45, 2.75) is 13.2 Å². The van der Waals surface area contributed by atoms with E-state index in [-0.39, 0.29) is 17.4 Å². The predicted molar refractivity (Wildman–Crippen MR) is 102 cm³/mol. The van der Waals surface area contributed by atoms with Crippen LogP contribution in [0.2, 0.25) is 5.02 Å².